The van der Waals surface area contributed by atoms with Crippen LogP contribution in [0.4, 0.5) is 0 Å². The largest absolute Gasteiger partial charge is 0.496 e. The summed E-state index contributed by atoms with van der Waals surface area (Å²) in [4.78, 5) is 22.0. The fourth-order valence-electron chi connectivity index (χ4n) is 1.64. The van der Waals surface area contributed by atoms with E-state index in [4.69, 9.17) is 15.1 Å². The predicted molar refractivity (Wildman–Crippen MR) is 78.8 cm³/mol. The second kappa shape index (κ2) is 9.02. The second-order valence-electron chi connectivity index (χ2n) is 4.26. The third-order valence-corrected chi connectivity index (χ3v) is 2.72. The van der Waals surface area contributed by atoms with Gasteiger partial charge in [-0.15, -0.1) is 0 Å². The number of benzene rings is 1. The van der Waals surface area contributed by atoms with E-state index in [9.17, 15) is 9.59 Å². The number of nitrogens with zero attached hydrogens (tertiary/aromatic N) is 1. The Bertz CT molecular complexity index is 605. The average Bonchev–Trinajstić information content (AvgIpc) is 2.51. The van der Waals surface area contributed by atoms with Crippen LogP contribution < -0.4 is 15.4 Å². The SMILES string of the molecule is COc1ccccc1CN/C=C(/C#N)C(=O)NCCC(=O)O. The molecule has 0 spiro atoms. The molecule has 7 nitrogen and oxygen atoms in total. The van der Waals surface area contributed by atoms with Crippen molar-refractivity contribution in [3.05, 3.63) is 41.6 Å². The van der Waals surface area contributed by atoms with Crippen LogP contribution in [0.1, 0.15) is 12.0 Å². The number of hydrogen-bond acceptors (Lipinski definition) is 5. The molecular weight excluding hydrogens is 286 g/mol. The van der Waals surface area contributed by atoms with Crippen molar-refractivity contribution in [1.29, 1.82) is 5.26 Å². The van der Waals surface area contributed by atoms with Crippen LogP contribution in [0, 0.1) is 11.3 Å². The number of rotatable bonds is 8. The molecule has 1 aromatic rings. The van der Waals surface area contributed by atoms with Gasteiger partial charge in [-0.2, -0.15) is 5.26 Å². The lowest BCUT2D eigenvalue weighted by atomic mass is 10.2. The van der Waals surface area contributed by atoms with Gasteiger partial charge in [0.25, 0.3) is 5.91 Å². The van der Waals surface area contributed by atoms with Gasteiger partial charge >= 0.3 is 5.97 Å². The molecule has 116 valence electrons. The van der Waals surface area contributed by atoms with Crippen LogP contribution in [0.5, 0.6) is 5.75 Å². The number of aliphatic carboxylic acids is 1. The summed E-state index contributed by atoms with van der Waals surface area (Å²) in [5, 5.41) is 22.7. The first-order chi connectivity index (χ1) is 10.6. The number of carboxylic acid groups (broad SMARTS) is 1. The van der Waals surface area contributed by atoms with Crippen LogP contribution in [0.2, 0.25) is 0 Å². The van der Waals surface area contributed by atoms with Crippen LogP contribution in [0.15, 0.2) is 36.0 Å². The van der Waals surface area contributed by atoms with E-state index in [2.05, 4.69) is 10.6 Å². The molecule has 0 saturated carbocycles. The van der Waals surface area contributed by atoms with Crippen molar-refractivity contribution >= 4 is 11.9 Å². The molecule has 7 heteroatoms. The number of carboxylic acids is 1. The van der Waals surface area contributed by atoms with Crippen LogP contribution >= 0.6 is 0 Å². The lowest BCUT2D eigenvalue weighted by Crippen LogP contribution is -2.27. The van der Waals surface area contributed by atoms with Gasteiger partial charge in [-0.1, -0.05) is 18.2 Å². The minimum absolute atomic E-state index is 0.0281. The van der Waals surface area contributed by atoms with E-state index >= 15 is 0 Å². The lowest BCUT2D eigenvalue weighted by Gasteiger charge is -2.08. The maximum atomic E-state index is 11.7. The molecular formula is C15H17N3O4. The van der Waals surface area contributed by atoms with Crippen LogP contribution in [-0.2, 0) is 16.1 Å². The maximum Gasteiger partial charge on any atom is 0.305 e. The summed E-state index contributed by atoms with van der Waals surface area (Å²) >= 11 is 0. The molecule has 0 saturated heterocycles. The molecule has 0 bridgehead atoms. The number of nitriles is 1. The number of methoxy groups -OCH3 is 1. The fraction of sp³-hybridized carbons (Fsp3) is 0.267. The normalized spacial score (nSPS) is 10.5. The highest BCUT2D eigenvalue weighted by atomic mass is 16.5. The van der Waals surface area contributed by atoms with Crippen molar-refractivity contribution in [3.8, 4) is 11.8 Å². The zero-order valence-corrected chi connectivity index (χ0v) is 12.1. The summed E-state index contributed by atoms with van der Waals surface area (Å²) in [7, 11) is 1.56. The molecule has 3 N–H and O–H groups in total. The smallest absolute Gasteiger partial charge is 0.305 e. The van der Waals surface area contributed by atoms with Crippen LogP contribution in [-0.4, -0.2) is 30.6 Å². The first-order valence-corrected chi connectivity index (χ1v) is 6.54. The minimum Gasteiger partial charge on any atom is -0.496 e. The Hall–Kier alpha value is -3.01. The van der Waals surface area contributed by atoms with Gasteiger partial charge in [0.1, 0.15) is 17.4 Å². The lowest BCUT2D eigenvalue weighted by molar-refractivity contribution is -0.136. The second-order valence-corrected chi connectivity index (χ2v) is 4.26. The van der Waals surface area contributed by atoms with Crippen molar-refractivity contribution in [2.75, 3.05) is 13.7 Å². The number of amides is 1. The maximum absolute atomic E-state index is 11.7. The molecule has 0 aliphatic heterocycles. The summed E-state index contributed by atoms with van der Waals surface area (Å²) in [6, 6.07) is 9.13. The van der Waals surface area contributed by atoms with E-state index in [-0.39, 0.29) is 18.5 Å². The van der Waals surface area contributed by atoms with Gasteiger partial charge in [-0.25, -0.2) is 0 Å². The number of carbonyl (C=O) groups excluding carboxylic acids is 1. The van der Waals surface area contributed by atoms with Crippen molar-refractivity contribution in [2.24, 2.45) is 0 Å². The Labute approximate surface area is 128 Å². The number of hydrogen-bond donors (Lipinski definition) is 3. The molecule has 1 rings (SSSR count). The molecule has 0 radical (unpaired) electrons. The van der Waals surface area contributed by atoms with Gasteiger partial charge in [0.15, 0.2) is 0 Å². The van der Waals surface area contributed by atoms with Gasteiger partial charge in [0.2, 0.25) is 0 Å². The summed E-state index contributed by atoms with van der Waals surface area (Å²) < 4.78 is 5.19. The molecule has 1 aromatic carbocycles. The van der Waals surface area contributed by atoms with Crippen molar-refractivity contribution < 1.29 is 19.4 Å². The summed E-state index contributed by atoms with van der Waals surface area (Å²) in [5.41, 5.74) is 0.755. The molecule has 1 amide bonds. The zero-order chi connectivity index (χ0) is 16.4. The Morgan fingerprint density at radius 2 is 2.14 bits per heavy atom. The van der Waals surface area contributed by atoms with E-state index < -0.39 is 11.9 Å². The average molecular weight is 303 g/mol. The molecule has 0 aliphatic rings. The van der Waals surface area contributed by atoms with E-state index in [1.54, 1.807) is 13.2 Å². The first-order valence-electron chi connectivity index (χ1n) is 6.54. The van der Waals surface area contributed by atoms with Gasteiger partial charge in [0.05, 0.1) is 13.5 Å². The Morgan fingerprint density at radius 1 is 1.41 bits per heavy atom. The highest BCUT2D eigenvalue weighted by molar-refractivity contribution is 5.97. The van der Waals surface area contributed by atoms with Gasteiger partial charge in [0, 0.05) is 24.9 Å². The predicted octanol–water partition coefficient (Wildman–Crippen LogP) is 0.783. The zero-order valence-electron chi connectivity index (χ0n) is 12.1. The van der Waals surface area contributed by atoms with Crippen molar-refractivity contribution in [2.45, 2.75) is 13.0 Å². The van der Waals surface area contributed by atoms with Gasteiger partial charge in [-0.05, 0) is 6.07 Å². The van der Waals surface area contributed by atoms with Gasteiger partial charge in [-0.3, -0.25) is 9.59 Å². The molecule has 0 aromatic heterocycles. The summed E-state index contributed by atoms with van der Waals surface area (Å²) in [5.74, 6) is -0.929. The monoisotopic (exact) mass is 303 g/mol. The third kappa shape index (κ3) is 5.54. The van der Waals surface area contributed by atoms with E-state index in [1.807, 2.05) is 24.3 Å². The van der Waals surface area contributed by atoms with Crippen LogP contribution in [0.25, 0.3) is 0 Å². The number of nitrogens with one attached hydrogen (secondary N) is 2. The van der Waals surface area contributed by atoms with Gasteiger partial charge < -0.3 is 20.5 Å². The molecule has 0 atom stereocenters. The van der Waals surface area contributed by atoms with Crippen molar-refractivity contribution in [1.82, 2.24) is 10.6 Å². The van der Waals surface area contributed by atoms with Crippen molar-refractivity contribution in [3.63, 3.8) is 0 Å². The molecule has 0 heterocycles. The number of para-hydroxylation sites is 1. The van der Waals surface area contributed by atoms with E-state index in [0.29, 0.717) is 12.3 Å². The first kappa shape index (κ1) is 17.0. The minimum atomic E-state index is -1.02. The molecule has 22 heavy (non-hydrogen) atoms. The number of ether oxygens (including phenoxy) is 1. The Kier molecular flexibility index (Phi) is 6.99. The Balaban J connectivity index is 2.56. The molecule has 0 fully saturated rings. The summed E-state index contributed by atoms with van der Waals surface area (Å²) in [6.07, 6.45) is 1.10. The molecule has 0 unspecified atom stereocenters. The molecule has 0 aliphatic carbocycles. The number of carbonyl (C=O) groups is 2. The highest BCUT2D eigenvalue weighted by Crippen LogP contribution is 2.16. The quantitative estimate of drug-likeness (QED) is 0.483. The third-order valence-electron chi connectivity index (χ3n) is 2.72. The highest BCUT2D eigenvalue weighted by Gasteiger charge is 2.09. The topological polar surface area (TPSA) is 111 Å². The van der Waals surface area contributed by atoms with E-state index in [0.717, 1.165) is 5.56 Å². The van der Waals surface area contributed by atoms with E-state index in [1.165, 1.54) is 6.20 Å². The summed E-state index contributed by atoms with van der Waals surface area (Å²) in [6.45, 7) is 0.358. The standard InChI is InChI=1S/C15H17N3O4/c1-22-13-5-3-2-4-11(13)9-17-10-12(8-16)15(21)18-7-6-14(19)20/h2-5,10,17H,6-7,9H2,1H3,(H,18,21)(H,19,20)/b12-10-. The Morgan fingerprint density at radius 3 is 2.77 bits per heavy atom. The fourth-order valence-corrected chi connectivity index (χ4v) is 1.64. The van der Waals surface area contributed by atoms with Crippen LogP contribution in [0.3, 0.4) is 0 Å².